The summed E-state index contributed by atoms with van der Waals surface area (Å²) in [4.78, 5) is 14.1. The highest BCUT2D eigenvalue weighted by Gasteiger charge is 2.43. The Labute approximate surface area is 121 Å². The molecule has 2 rings (SSSR count). The lowest BCUT2D eigenvalue weighted by atomic mass is 9.68. The van der Waals surface area contributed by atoms with Crippen LogP contribution in [0.4, 0.5) is 5.69 Å². The van der Waals surface area contributed by atoms with Gasteiger partial charge in [-0.2, -0.15) is 0 Å². The molecule has 0 spiro atoms. The summed E-state index contributed by atoms with van der Waals surface area (Å²) in [5.74, 6) is -0.659. The van der Waals surface area contributed by atoms with E-state index in [0.29, 0.717) is 0 Å². The molecule has 110 valence electrons. The van der Waals surface area contributed by atoms with Crippen molar-refractivity contribution < 1.29 is 9.90 Å². The molecule has 1 aliphatic carbocycles. The van der Waals surface area contributed by atoms with Crippen LogP contribution in [0.3, 0.4) is 0 Å². The minimum absolute atomic E-state index is 0.659. The van der Waals surface area contributed by atoms with Gasteiger partial charge in [-0.3, -0.25) is 4.79 Å². The van der Waals surface area contributed by atoms with Gasteiger partial charge in [-0.1, -0.05) is 38.3 Å². The molecule has 0 bridgehead atoms. The Morgan fingerprint density at radius 3 is 2.40 bits per heavy atom. The summed E-state index contributed by atoms with van der Waals surface area (Å²) in [5.41, 5.74) is 2.58. The Morgan fingerprint density at radius 1 is 1.25 bits per heavy atom. The highest BCUT2D eigenvalue weighted by Crippen LogP contribution is 2.43. The van der Waals surface area contributed by atoms with Crippen LogP contribution in [-0.2, 0) is 16.6 Å². The summed E-state index contributed by atoms with van der Waals surface area (Å²) in [6.07, 6.45) is 5.63. The number of nitrogens with zero attached hydrogens (tertiary/aromatic N) is 1. The molecule has 3 nitrogen and oxygen atoms in total. The number of anilines is 1. The van der Waals surface area contributed by atoms with Gasteiger partial charge in [0.25, 0.3) is 0 Å². The van der Waals surface area contributed by atoms with E-state index in [0.717, 1.165) is 49.8 Å². The van der Waals surface area contributed by atoms with Gasteiger partial charge < -0.3 is 10.0 Å². The molecule has 1 aromatic carbocycles. The number of hydrogen-bond donors (Lipinski definition) is 1. The minimum atomic E-state index is -0.691. The van der Waals surface area contributed by atoms with Crippen molar-refractivity contribution in [1.29, 1.82) is 0 Å². The van der Waals surface area contributed by atoms with Crippen molar-refractivity contribution in [3.63, 3.8) is 0 Å². The SMILES string of the molecule is CCc1ccc(N(C)C)c(C2(C(=O)O)CCCCC2)c1. The van der Waals surface area contributed by atoms with Gasteiger partial charge >= 0.3 is 5.97 Å². The normalized spacial score (nSPS) is 17.8. The van der Waals surface area contributed by atoms with E-state index in [9.17, 15) is 9.90 Å². The zero-order valence-corrected chi connectivity index (χ0v) is 12.8. The van der Waals surface area contributed by atoms with Gasteiger partial charge in [0.2, 0.25) is 0 Å². The second-order valence-corrected chi connectivity index (χ2v) is 6.05. The average Bonchev–Trinajstić information content (AvgIpc) is 2.47. The first-order chi connectivity index (χ1) is 9.51. The van der Waals surface area contributed by atoms with Gasteiger partial charge in [0, 0.05) is 19.8 Å². The fourth-order valence-corrected chi connectivity index (χ4v) is 3.33. The second-order valence-electron chi connectivity index (χ2n) is 6.05. The number of carboxylic acid groups (broad SMARTS) is 1. The molecule has 0 atom stereocenters. The van der Waals surface area contributed by atoms with Crippen LogP contribution in [0.15, 0.2) is 18.2 Å². The molecule has 1 fully saturated rings. The Bertz CT molecular complexity index is 488. The zero-order valence-electron chi connectivity index (χ0n) is 12.8. The Balaban J connectivity index is 2.59. The Hall–Kier alpha value is -1.51. The molecule has 0 radical (unpaired) electrons. The third kappa shape index (κ3) is 2.54. The topological polar surface area (TPSA) is 40.5 Å². The van der Waals surface area contributed by atoms with Gasteiger partial charge in [-0.15, -0.1) is 0 Å². The molecular formula is C17H25NO2. The van der Waals surface area contributed by atoms with Crippen molar-refractivity contribution in [3.8, 4) is 0 Å². The third-order valence-electron chi connectivity index (χ3n) is 4.58. The first kappa shape index (κ1) is 14.9. The van der Waals surface area contributed by atoms with Crippen molar-refractivity contribution in [2.45, 2.75) is 50.9 Å². The smallest absolute Gasteiger partial charge is 0.314 e. The number of carbonyl (C=O) groups is 1. The van der Waals surface area contributed by atoms with Crippen LogP contribution in [0.25, 0.3) is 0 Å². The van der Waals surface area contributed by atoms with E-state index in [4.69, 9.17) is 0 Å². The molecule has 0 aromatic heterocycles. The monoisotopic (exact) mass is 275 g/mol. The predicted molar refractivity (Wildman–Crippen MR) is 82.5 cm³/mol. The number of aliphatic carboxylic acids is 1. The number of aryl methyl sites for hydroxylation is 1. The lowest BCUT2D eigenvalue weighted by Crippen LogP contribution is -2.39. The zero-order chi connectivity index (χ0) is 14.8. The lowest BCUT2D eigenvalue weighted by molar-refractivity contribution is -0.145. The summed E-state index contributed by atoms with van der Waals surface area (Å²) >= 11 is 0. The number of benzene rings is 1. The van der Waals surface area contributed by atoms with Crippen LogP contribution in [0.5, 0.6) is 0 Å². The number of hydrogen-bond acceptors (Lipinski definition) is 2. The summed E-state index contributed by atoms with van der Waals surface area (Å²) in [6.45, 7) is 2.11. The largest absolute Gasteiger partial charge is 0.481 e. The molecule has 1 aliphatic rings. The summed E-state index contributed by atoms with van der Waals surface area (Å²) in [7, 11) is 3.98. The van der Waals surface area contributed by atoms with Crippen molar-refractivity contribution in [2.24, 2.45) is 0 Å². The maximum absolute atomic E-state index is 12.0. The molecule has 1 aromatic rings. The van der Waals surface area contributed by atoms with Crippen LogP contribution < -0.4 is 4.90 Å². The Morgan fingerprint density at radius 2 is 1.90 bits per heavy atom. The van der Waals surface area contributed by atoms with Crippen LogP contribution in [0.1, 0.15) is 50.2 Å². The van der Waals surface area contributed by atoms with E-state index >= 15 is 0 Å². The summed E-state index contributed by atoms with van der Waals surface area (Å²) in [6, 6.07) is 6.31. The van der Waals surface area contributed by atoms with Gasteiger partial charge in [-0.05, 0) is 36.5 Å². The molecule has 0 heterocycles. The standard InChI is InChI=1S/C17H25NO2/c1-4-13-8-9-15(18(2)3)14(12-13)17(16(19)20)10-6-5-7-11-17/h8-9,12H,4-7,10-11H2,1-3H3,(H,19,20). The molecule has 20 heavy (non-hydrogen) atoms. The predicted octanol–water partition coefficient (Wildman–Crippen LogP) is 3.60. The van der Waals surface area contributed by atoms with Crippen LogP contribution in [-0.4, -0.2) is 25.2 Å². The molecule has 3 heteroatoms. The molecule has 0 aliphatic heterocycles. The van der Waals surface area contributed by atoms with E-state index in [1.54, 1.807) is 0 Å². The summed E-state index contributed by atoms with van der Waals surface area (Å²) < 4.78 is 0. The fourth-order valence-electron chi connectivity index (χ4n) is 3.33. The second kappa shape index (κ2) is 5.86. The molecule has 1 N–H and O–H groups in total. The molecule has 0 amide bonds. The van der Waals surface area contributed by atoms with Crippen molar-refractivity contribution in [1.82, 2.24) is 0 Å². The number of rotatable bonds is 4. The van der Waals surface area contributed by atoms with Gasteiger partial charge in [0.15, 0.2) is 0 Å². The molecular weight excluding hydrogens is 250 g/mol. The lowest BCUT2D eigenvalue weighted by Gasteiger charge is -2.36. The quantitative estimate of drug-likeness (QED) is 0.912. The van der Waals surface area contributed by atoms with E-state index in [1.165, 1.54) is 5.56 Å². The van der Waals surface area contributed by atoms with Crippen molar-refractivity contribution >= 4 is 11.7 Å². The van der Waals surface area contributed by atoms with Gasteiger partial charge in [-0.25, -0.2) is 0 Å². The van der Waals surface area contributed by atoms with E-state index in [2.05, 4.69) is 25.1 Å². The first-order valence-corrected chi connectivity index (χ1v) is 7.55. The van der Waals surface area contributed by atoms with Gasteiger partial charge in [0.1, 0.15) is 0 Å². The molecule has 0 saturated heterocycles. The van der Waals surface area contributed by atoms with Crippen LogP contribution in [0, 0.1) is 0 Å². The fraction of sp³-hybridized carbons (Fsp3) is 0.588. The maximum Gasteiger partial charge on any atom is 0.314 e. The molecule has 1 saturated carbocycles. The minimum Gasteiger partial charge on any atom is -0.481 e. The van der Waals surface area contributed by atoms with Gasteiger partial charge in [0.05, 0.1) is 5.41 Å². The third-order valence-corrected chi connectivity index (χ3v) is 4.58. The van der Waals surface area contributed by atoms with Crippen molar-refractivity contribution in [2.75, 3.05) is 19.0 Å². The highest BCUT2D eigenvalue weighted by atomic mass is 16.4. The average molecular weight is 275 g/mol. The first-order valence-electron chi connectivity index (χ1n) is 7.55. The van der Waals surface area contributed by atoms with E-state index in [1.807, 2.05) is 19.0 Å². The van der Waals surface area contributed by atoms with E-state index in [-0.39, 0.29) is 0 Å². The highest BCUT2D eigenvalue weighted by molar-refractivity contribution is 5.84. The van der Waals surface area contributed by atoms with E-state index < -0.39 is 11.4 Å². The Kier molecular flexibility index (Phi) is 4.36. The van der Waals surface area contributed by atoms with Crippen LogP contribution >= 0.6 is 0 Å². The maximum atomic E-state index is 12.0. The van der Waals surface area contributed by atoms with Crippen molar-refractivity contribution in [3.05, 3.63) is 29.3 Å². The molecule has 0 unspecified atom stereocenters. The van der Waals surface area contributed by atoms with Crippen LogP contribution in [0.2, 0.25) is 0 Å². The summed E-state index contributed by atoms with van der Waals surface area (Å²) in [5, 5.41) is 9.89. The number of carboxylic acids is 1.